The van der Waals surface area contributed by atoms with E-state index in [1.165, 1.54) is 6.07 Å². The van der Waals surface area contributed by atoms with Crippen LogP contribution in [0.15, 0.2) is 30.3 Å². The monoisotopic (exact) mass is 266 g/mol. The fourth-order valence-corrected chi connectivity index (χ4v) is 2.14. The maximum atomic E-state index is 14.1. The van der Waals surface area contributed by atoms with Crippen molar-refractivity contribution < 1.29 is 8.78 Å². The van der Waals surface area contributed by atoms with E-state index in [2.05, 4.69) is 0 Å². The summed E-state index contributed by atoms with van der Waals surface area (Å²) < 4.78 is 27.6. The summed E-state index contributed by atoms with van der Waals surface area (Å²) in [6, 6.07) is 8.07. The molecule has 0 aromatic heterocycles. The predicted octanol–water partition coefficient (Wildman–Crippen LogP) is 5.16. The molecule has 0 fully saturated rings. The molecule has 0 N–H and O–H groups in total. The number of hydrogen-bond acceptors (Lipinski definition) is 0. The molecule has 0 unspecified atom stereocenters. The highest BCUT2D eigenvalue weighted by Crippen LogP contribution is 2.31. The highest BCUT2D eigenvalue weighted by Gasteiger charge is 2.13. The smallest absolute Gasteiger partial charge is 0.149 e. The average molecular weight is 267 g/mol. The second-order valence-electron chi connectivity index (χ2n) is 4.22. The molecule has 0 aliphatic carbocycles. The van der Waals surface area contributed by atoms with Gasteiger partial charge in [0.15, 0.2) is 0 Å². The quantitative estimate of drug-likeness (QED) is 0.705. The topological polar surface area (TPSA) is 0 Å². The Balaban J connectivity index is 2.57. The van der Waals surface area contributed by atoms with Crippen LogP contribution in [0.2, 0.25) is 5.02 Å². The summed E-state index contributed by atoms with van der Waals surface area (Å²) in [4.78, 5) is 0. The van der Waals surface area contributed by atoms with Crippen molar-refractivity contribution in [3.8, 4) is 11.1 Å². The van der Waals surface area contributed by atoms with Crippen LogP contribution in [-0.2, 0) is 6.42 Å². The normalized spacial score (nSPS) is 10.7. The molecule has 3 heteroatoms. The second-order valence-corrected chi connectivity index (χ2v) is 4.60. The van der Waals surface area contributed by atoms with Crippen LogP contribution in [0.5, 0.6) is 0 Å². The van der Waals surface area contributed by atoms with Gasteiger partial charge in [0, 0.05) is 5.56 Å². The van der Waals surface area contributed by atoms with Gasteiger partial charge in [-0.05, 0) is 36.1 Å². The van der Waals surface area contributed by atoms with Crippen molar-refractivity contribution in [2.24, 2.45) is 0 Å². The highest BCUT2D eigenvalue weighted by atomic mass is 35.5. The lowest BCUT2D eigenvalue weighted by atomic mass is 10.0. The van der Waals surface area contributed by atoms with E-state index in [1.807, 2.05) is 6.92 Å². The van der Waals surface area contributed by atoms with Crippen molar-refractivity contribution >= 4 is 11.6 Å². The lowest BCUT2D eigenvalue weighted by Crippen LogP contribution is -1.92. The van der Waals surface area contributed by atoms with E-state index in [-0.39, 0.29) is 10.8 Å². The number of benzene rings is 2. The fourth-order valence-electron chi connectivity index (χ4n) is 1.85. The molecule has 0 saturated heterocycles. The molecular formula is C15H13ClF2. The minimum atomic E-state index is -0.487. The summed E-state index contributed by atoms with van der Waals surface area (Å²) >= 11 is 5.95. The minimum Gasteiger partial charge on any atom is -0.207 e. The lowest BCUT2D eigenvalue weighted by Gasteiger charge is -2.09. The summed E-state index contributed by atoms with van der Waals surface area (Å²) in [5.41, 5.74) is 2.12. The van der Waals surface area contributed by atoms with E-state index >= 15 is 0 Å². The maximum absolute atomic E-state index is 14.1. The van der Waals surface area contributed by atoms with Crippen LogP contribution in [0.1, 0.15) is 18.1 Å². The number of hydrogen-bond donors (Lipinski definition) is 0. The Kier molecular flexibility index (Phi) is 3.67. The van der Waals surface area contributed by atoms with E-state index in [4.69, 9.17) is 11.6 Å². The van der Waals surface area contributed by atoms with Crippen molar-refractivity contribution in [2.45, 2.75) is 20.3 Å². The Morgan fingerprint density at radius 2 is 1.83 bits per heavy atom. The lowest BCUT2D eigenvalue weighted by molar-refractivity contribution is 0.617. The van der Waals surface area contributed by atoms with Crippen LogP contribution >= 0.6 is 11.6 Å². The van der Waals surface area contributed by atoms with E-state index in [1.54, 1.807) is 31.2 Å². The summed E-state index contributed by atoms with van der Waals surface area (Å²) in [5.74, 6) is -0.832. The second kappa shape index (κ2) is 5.07. The molecular weight excluding hydrogens is 254 g/mol. The molecule has 94 valence electrons. The number of halogens is 3. The first-order chi connectivity index (χ1) is 8.54. The summed E-state index contributed by atoms with van der Waals surface area (Å²) in [6.45, 7) is 3.58. The van der Waals surface area contributed by atoms with Crippen molar-refractivity contribution in [2.75, 3.05) is 0 Å². The van der Waals surface area contributed by atoms with Crippen LogP contribution in [0, 0.1) is 18.6 Å². The van der Waals surface area contributed by atoms with E-state index in [0.29, 0.717) is 23.1 Å². The van der Waals surface area contributed by atoms with Crippen LogP contribution in [-0.4, -0.2) is 0 Å². The zero-order valence-electron chi connectivity index (χ0n) is 10.2. The first-order valence-corrected chi connectivity index (χ1v) is 6.15. The molecule has 0 bridgehead atoms. The van der Waals surface area contributed by atoms with Gasteiger partial charge >= 0.3 is 0 Å². The molecule has 2 rings (SSSR count). The molecule has 0 radical (unpaired) electrons. The molecule has 0 nitrogen and oxygen atoms in total. The van der Waals surface area contributed by atoms with Crippen molar-refractivity contribution in [1.82, 2.24) is 0 Å². The highest BCUT2D eigenvalue weighted by molar-refractivity contribution is 6.31. The van der Waals surface area contributed by atoms with E-state index in [9.17, 15) is 8.78 Å². The van der Waals surface area contributed by atoms with E-state index in [0.717, 1.165) is 5.56 Å². The Morgan fingerprint density at radius 3 is 2.44 bits per heavy atom. The molecule has 0 saturated carbocycles. The third-order valence-electron chi connectivity index (χ3n) is 3.03. The third-order valence-corrected chi connectivity index (χ3v) is 3.43. The van der Waals surface area contributed by atoms with Gasteiger partial charge in [0.1, 0.15) is 11.6 Å². The molecule has 18 heavy (non-hydrogen) atoms. The molecule has 0 heterocycles. The van der Waals surface area contributed by atoms with Gasteiger partial charge in [-0.15, -0.1) is 0 Å². The molecule has 2 aromatic rings. The Hall–Kier alpha value is -1.41. The minimum absolute atomic E-state index is 0.121. The van der Waals surface area contributed by atoms with Crippen molar-refractivity contribution in [3.63, 3.8) is 0 Å². The van der Waals surface area contributed by atoms with Crippen LogP contribution in [0.4, 0.5) is 8.78 Å². The molecule has 0 spiro atoms. The zero-order valence-corrected chi connectivity index (χ0v) is 11.0. The van der Waals surface area contributed by atoms with Gasteiger partial charge in [-0.3, -0.25) is 0 Å². The van der Waals surface area contributed by atoms with Gasteiger partial charge in [-0.1, -0.05) is 42.8 Å². The SMILES string of the molecule is CCc1ccc(-c2ccc(C)c(F)c2)c(F)c1Cl. The third kappa shape index (κ3) is 2.25. The van der Waals surface area contributed by atoms with Gasteiger partial charge in [0.2, 0.25) is 0 Å². The van der Waals surface area contributed by atoms with E-state index < -0.39 is 5.82 Å². The van der Waals surface area contributed by atoms with Crippen LogP contribution in [0.25, 0.3) is 11.1 Å². The standard InChI is InChI=1S/C15H13ClF2/c1-3-10-6-7-12(15(18)14(10)16)11-5-4-9(2)13(17)8-11/h4-8H,3H2,1-2H3. The largest absolute Gasteiger partial charge is 0.207 e. The van der Waals surface area contributed by atoms with Gasteiger partial charge in [-0.2, -0.15) is 0 Å². The molecule has 0 aliphatic heterocycles. The zero-order chi connectivity index (χ0) is 13.3. The van der Waals surface area contributed by atoms with Crippen LogP contribution in [0.3, 0.4) is 0 Å². The summed E-state index contributed by atoms with van der Waals surface area (Å²) in [6.07, 6.45) is 0.665. The van der Waals surface area contributed by atoms with Crippen molar-refractivity contribution in [1.29, 1.82) is 0 Å². The average Bonchev–Trinajstić information content (AvgIpc) is 2.36. The van der Waals surface area contributed by atoms with Crippen molar-refractivity contribution in [3.05, 3.63) is 58.1 Å². The van der Waals surface area contributed by atoms with Crippen LogP contribution < -0.4 is 0 Å². The predicted molar refractivity (Wildman–Crippen MR) is 70.9 cm³/mol. The molecule has 0 aliphatic rings. The first kappa shape index (κ1) is 13.0. The number of aryl methyl sites for hydroxylation is 2. The fraction of sp³-hybridized carbons (Fsp3) is 0.200. The van der Waals surface area contributed by atoms with Gasteiger partial charge in [0.05, 0.1) is 5.02 Å². The molecule has 2 aromatic carbocycles. The van der Waals surface area contributed by atoms with Gasteiger partial charge in [0.25, 0.3) is 0 Å². The molecule has 0 atom stereocenters. The summed E-state index contributed by atoms with van der Waals surface area (Å²) in [5, 5.41) is 0.121. The van der Waals surface area contributed by atoms with Gasteiger partial charge < -0.3 is 0 Å². The first-order valence-electron chi connectivity index (χ1n) is 5.78. The summed E-state index contributed by atoms with van der Waals surface area (Å²) in [7, 11) is 0. The maximum Gasteiger partial charge on any atom is 0.149 e. The Bertz CT molecular complexity index is 591. The molecule has 0 amide bonds. The Morgan fingerprint density at radius 1 is 1.11 bits per heavy atom. The Labute approximate surface area is 110 Å². The van der Waals surface area contributed by atoms with Gasteiger partial charge in [-0.25, -0.2) is 8.78 Å². The number of rotatable bonds is 2.